The zero-order valence-electron chi connectivity index (χ0n) is 14.2. The number of nitrogens with zero attached hydrogens (tertiary/aromatic N) is 2. The van der Waals surface area contributed by atoms with Crippen LogP contribution in [0.5, 0.6) is 5.75 Å². The Labute approximate surface area is 139 Å². The molecule has 5 heteroatoms. The number of aromatic nitrogens is 1. The fourth-order valence-corrected chi connectivity index (χ4v) is 3.65. The number of ether oxygens (including phenoxy) is 1. The monoisotopic (exact) mass is 318 g/mol. The second-order valence-electron chi connectivity index (χ2n) is 7.05. The van der Waals surface area contributed by atoms with Gasteiger partial charge in [-0.3, -0.25) is 0 Å². The third kappa shape index (κ3) is 4.58. The van der Waals surface area contributed by atoms with Gasteiger partial charge in [-0.15, -0.1) is 0 Å². The van der Waals surface area contributed by atoms with E-state index in [1.165, 1.54) is 25.9 Å². The minimum atomic E-state index is 0.282. The molecule has 2 saturated heterocycles. The molecule has 3 N–H and O–H groups in total. The van der Waals surface area contributed by atoms with Gasteiger partial charge in [-0.1, -0.05) is 6.92 Å². The highest BCUT2D eigenvalue weighted by atomic mass is 16.5. The molecule has 0 bridgehead atoms. The van der Waals surface area contributed by atoms with Crippen molar-refractivity contribution in [3.8, 4) is 5.75 Å². The Morgan fingerprint density at radius 1 is 1.35 bits per heavy atom. The Kier molecular flexibility index (Phi) is 5.73. The Hall–Kier alpha value is -1.33. The predicted octanol–water partition coefficient (Wildman–Crippen LogP) is 2.02. The SMILES string of the molecule is C[C@H](CCOc1ccc(N2CC[C@@H](N)C2)nc1)C1CCNCC1. The Bertz CT molecular complexity index is 472. The van der Waals surface area contributed by atoms with Crippen LogP contribution in [0.1, 0.15) is 32.6 Å². The topological polar surface area (TPSA) is 63.4 Å². The minimum absolute atomic E-state index is 0.282. The first-order valence-corrected chi connectivity index (χ1v) is 9.02. The molecule has 0 aliphatic carbocycles. The van der Waals surface area contributed by atoms with Crippen LogP contribution in [-0.2, 0) is 0 Å². The highest BCUT2D eigenvalue weighted by molar-refractivity contribution is 5.42. The number of nitrogens with one attached hydrogen (secondary N) is 1. The van der Waals surface area contributed by atoms with Gasteiger partial charge in [0.2, 0.25) is 0 Å². The van der Waals surface area contributed by atoms with Crippen LogP contribution in [0.3, 0.4) is 0 Å². The van der Waals surface area contributed by atoms with Gasteiger partial charge < -0.3 is 20.7 Å². The molecule has 128 valence electrons. The molecule has 1 aromatic rings. The van der Waals surface area contributed by atoms with E-state index in [1.807, 2.05) is 18.3 Å². The molecule has 3 heterocycles. The summed E-state index contributed by atoms with van der Waals surface area (Å²) in [5, 5.41) is 3.43. The number of hydrogen-bond donors (Lipinski definition) is 2. The summed E-state index contributed by atoms with van der Waals surface area (Å²) in [6.07, 6.45) is 6.61. The molecule has 23 heavy (non-hydrogen) atoms. The zero-order chi connectivity index (χ0) is 16.1. The molecule has 2 fully saturated rings. The standard InChI is InChI=1S/C18H30N4O/c1-14(15-4-8-20-9-5-15)7-11-23-17-2-3-18(21-12-17)22-10-6-16(19)13-22/h2-3,12,14-16,20H,4-11,13,19H2,1H3/t14-,16-/m1/s1. The third-order valence-electron chi connectivity index (χ3n) is 5.30. The average Bonchev–Trinajstić information content (AvgIpc) is 3.03. The summed E-state index contributed by atoms with van der Waals surface area (Å²) in [6.45, 7) is 7.38. The molecular weight excluding hydrogens is 288 g/mol. The molecule has 0 saturated carbocycles. The van der Waals surface area contributed by atoms with Crippen molar-refractivity contribution in [2.24, 2.45) is 17.6 Å². The summed E-state index contributed by atoms with van der Waals surface area (Å²) < 4.78 is 5.88. The van der Waals surface area contributed by atoms with Gasteiger partial charge in [0, 0.05) is 19.1 Å². The smallest absolute Gasteiger partial charge is 0.137 e. The summed E-state index contributed by atoms with van der Waals surface area (Å²) >= 11 is 0. The molecule has 0 amide bonds. The second-order valence-corrected chi connectivity index (χ2v) is 7.05. The first-order chi connectivity index (χ1) is 11.2. The highest BCUT2D eigenvalue weighted by Crippen LogP contribution is 2.25. The van der Waals surface area contributed by atoms with Crippen LogP contribution >= 0.6 is 0 Å². The molecule has 5 nitrogen and oxygen atoms in total. The van der Waals surface area contributed by atoms with Crippen molar-refractivity contribution < 1.29 is 4.74 Å². The van der Waals surface area contributed by atoms with E-state index in [0.717, 1.165) is 55.9 Å². The molecule has 0 aromatic carbocycles. The highest BCUT2D eigenvalue weighted by Gasteiger charge is 2.21. The van der Waals surface area contributed by atoms with Crippen LogP contribution in [0.2, 0.25) is 0 Å². The second kappa shape index (κ2) is 7.97. The van der Waals surface area contributed by atoms with Crippen molar-refractivity contribution in [1.82, 2.24) is 10.3 Å². The van der Waals surface area contributed by atoms with Crippen molar-refractivity contribution in [1.29, 1.82) is 0 Å². The minimum Gasteiger partial charge on any atom is -0.492 e. The number of anilines is 1. The van der Waals surface area contributed by atoms with Gasteiger partial charge in [0.05, 0.1) is 12.8 Å². The molecule has 0 unspecified atom stereocenters. The number of hydrogen-bond acceptors (Lipinski definition) is 5. The molecule has 1 aromatic heterocycles. The molecule has 0 spiro atoms. The normalized spacial score (nSPS) is 23.9. The van der Waals surface area contributed by atoms with Crippen molar-refractivity contribution in [3.63, 3.8) is 0 Å². The van der Waals surface area contributed by atoms with Crippen molar-refractivity contribution in [3.05, 3.63) is 18.3 Å². The van der Waals surface area contributed by atoms with Gasteiger partial charge in [0.1, 0.15) is 11.6 Å². The van der Waals surface area contributed by atoms with Crippen molar-refractivity contribution in [2.45, 2.75) is 38.6 Å². The maximum atomic E-state index is 5.95. The van der Waals surface area contributed by atoms with E-state index in [4.69, 9.17) is 10.5 Å². The maximum Gasteiger partial charge on any atom is 0.137 e. The average molecular weight is 318 g/mol. The lowest BCUT2D eigenvalue weighted by Crippen LogP contribution is -2.31. The first-order valence-electron chi connectivity index (χ1n) is 9.02. The quantitative estimate of drug-likeness (QED) is 0.840. The fraction of sp³-hybridized carbons (Fsp3) is 0.722. The van der Waals surface area contributed by atoms with Crippen LogP contribution in [0.25, 0.3) is 0 Å². The first kappa shape index (κ1) is 16.5. The fourth-order valence-electron chi connectivity index (χ4n) is 3.65. The lowest BCUT2D eigenvalue weighted by atomic mass is 9.84. The van der Waals surface area contributed by atoms with Crippen molar-refractivity contribution in [2.75, 3.05) is 37.7 Å². The third-order valence-corrected chi connectivity index (χ3v) is 5.30. The summed E-state index contributed by atoms with van der Waals surface area (Å²) in [4.78, 5) is 6.76. The summed E-state index contributed by atoms with van der Waals surface area (Å²) in [7, 11) is 0. The van der Waals surface area contributed by atoms with Gasteiger partial charge in [0.25, 0.3) is 0 Å². The zero-order valence-corrected chi connectivity index (χ0v) is 14.2. The van der Waals surface area contributed by atoms with Crippen LogP contribution in [0, 0.1) is 11.8 Å². The van der Waals surface area contributed by atoms with E-state index in [1.54, 1.807) is 0 Å². The predicted molar refractivity (Wildman–Crippen MR) is 93.9 cm³/mol. The summed E-state index contributed by atoms with van der Waals surface area (Å²) in [6, 6.07) is 4.36. The Balaban J connectivity index is 1.41. The largest absolute Gasteiger partial charge is 0.492 e. The molecule has 2 atom stereocenters. The van der Waals surface area contributed by atoms with Gasteiger partial charge in [0.15, 0.2) is 0 Å². The summed E-state index contributed by atoms with van der Waals surface area (Å²) in [5.41, 5.74) is 5.95. The lowest BCUT2D eigenvalue weighted by molar-refractivity contribution is 0.215. The van der Waals surface area contributed by atoms with E-state index in [9.17, 15) is 0 Å². The molecule has 2 aliphatic heterocycles. The maximum absolute atomic E-state index is 5.95. The number of nitrogens with two attached hydrogens (primary N) is 1. The Morgan fingerprint density at radius 2 is 2.17 bits per heavy atom. The van der Waals surface area contributed by atoms with Crippen LogP contribution < -0.4 is 20.7 Å². The van der Waals surface area contributed by atoms with E-state index in [0.29, 0.717) is 0 Å². The van der Waals surface area contributed by atoms with Crippen molar-refractivity contribution >= 4 is 5.82 Å². The van der Waals surface area contributed by atoms with E-state index in [2.05, 4.69) is 22.1 Å². The van der Waals surface area contributed by atoms with Gasteiger partial charge in [-0.25, -0.2) is 4.98 Å². The molecule has 0 radical (unpaired) electrons. The molecule has 2 aliphatic rings. The Morgan fingerprint density at radius 3 is 2.83 bits per heavy atom. The number of rotatable bonds is 6. The van der Waals surface area contributed by atoms with Crippen LogP contribution in [0.4, 0.5) is 5.82 Å². The van der Waals surface area contributed by atoms with Gasteiger partial charge >= 0.3 is 0 Å². The van der Waals surface area contributed by atoms with Gasteiger partial charge in [-0.05, 0) is 62.7 Å². The van der Waals surface area contributed by atoms with E-state index >= 15 is 0 Å². The number of piperidine rings is 1. The lowest BCUT2D eigenvalue weighted by Gasteiger charge is -2.28. The molecule has 3 rings (SSSR count). The van der Waals surface area contributed by atoms with Gasteiger partial charge in [-0.2, -0.15) is 0 Å². The van der Waals surface area contributed by atoms with Crippen LogP contribution in [-0.4, -0.2) is 43.8 Å². The molecular formula is C18H30N4O. The van der Waals surface area contributed by atoms with E-state index < -0.39 is 0 Å². The summed E-state index contributed by atoms with van der Waals surface area (Å²) in [5.74, 6) is 3.46. The van der Waals surface area contributed by atoms with Crippen LogP contribution in [0.15, 0.2) is 18.3 Å². The van der Waals surface area contributed by atoms with E-state index in [-0.39, 0.29) is 6.04 Å². The number of pyridine rings is 1.